The maximum atomic E-state index is 6.18. The topological polar surface area (TPSA) is 41.1 Å². The number of halogens is 1. The van der Waals surface area contributed by atoms with Crippen molar-refractivity contribution in [1.29, 1.82) is 0 Å². The van der Waals surface area contributed by atoms with Crippen LogP contribution >= 0.6 is 22.9 Å². The summed E-state index contributed by atoms with van der Waals surface area (Å²) in [6.07, 6.45) is 3.60. The summed E-state index contributed by atoms with van der Waals surface area (Å²) in [6.45, 7) is 6.33. The number of anilines is 1. The first-order valence-electron chi connectivity index (χ1n) is 7.66. The summed E-state index contributed by atoms with van der Waals surface area (Å²) < 4.78 is 0. The van der Waals surface area contributed by atoms with Crippen LogP contribution in [0.2, 0.25) is 5.28 Å². The lowest BCUT2D eigenvalue weighted by Crippen LogP contribution is -2.44. The Bertz CT molecular complexity index is 678. The molecule has 2 aromatic heterocycles. The zero-order valence-corrected chi connectivity index (χ0v) is 13.7. The molecule has 0 aromatic carbocycles. The number of nitrogens with zero attached hydrogens (tertiary/aromatic N) is 3. The highest BCUT2D eigenvalue weighted by Gasteiger charge is 2.26. The second kappa shape index (κ2) is 5.38. The summed E-state index contributed by atoms with van der Waals surface area (Å²) in [7, 11) is 0. The highest BCUT2D eigenvalue weighted by Crippen LogP contribution is 2.41. The van der Waals surface area contributed by atoms with Gasteiger partial charge in [0.1, 0.15) is 10.6 Å². The van der Waals surface area contributed by atoms with E-state index in [-0.39, 0.29) is 0 Å². The maximum absolute atomic E-state index is 6.18. The van der Waals surface area contributed by atoms with E-state index >= 15 is 0 Å². The quantitative estimate of drug-likeness (QED) is 0.820. The molecule has 1 unspecified atom stereocenters. The Labute approximate surface area is 133 Å². The number of aromatic nitrogens is 2. The molecule has 0 spiro atoms. The molecule has 2 aromatic rings. The van der Waals surface area contributed by atoms with E-state index in [0.717, 1.165) is 49.2 Å². The van der Waals surface area contributed by atoms with Crippen molar-refractivity contribution in [2.75, 3.05) is 31.1 Å². The largest absolute Gasteiger partial charge is 0.353 e. The van der Waals surface area contributed by atoms with Gasteiger partial charge in [-0.2, -0.15) is 4.98 Å². The molecule has 0 bridgehead atoms. The Balaban J connectivity index is 1.88. The van der Waals surface area contributed by atoms with Gasteiger partial charge in [-0.25, -0.2) is 4.98 Å². The van der Waals surface area contributed by atoms with Crippen LogP contribution in [0.5, 0.6) is 0 Å². The third kappa shape index (κ3) is 2.41. The van der Waals surface area contributed by atoms with Gasteiger partial charge < -0.3 is 10.2 Å². The van der Waals surface area contributed by atoms with Crippen molar-refractivity contribution in [3.63, 3.8) is 0 Å². The van der Waals surface area contributed by atoms with Crippen LogP contribution in [0, 0.1) is 5.92 Å². The fourth-order valence-electron chi connectivity index (χ4n) is 3.40. The Morgan fingerprint density at radius 2 is 2.10 bits per heavy atom. The van der Waals surface area contributed by atoms with E-state index in [4.69, 9.17) is 11.6 Å². The van der Waals surface area contributed by atoms with Crippen molar-refractivity contribution < 1.29 is 0 Å². The van der Waals surface area contributed by atoms with Crippen molar-refractivity contribution in [2.24, 2.45) is 5.92 Å². The van der Waals surface area contributed by atoms with Crippen LogP contribution in [0.3, 0.4) is 0 Å². The zero-order chi connectivity index (χ0) is 14.4. The number of rotatable bonds is 1. The second-order valence-corrected chi connectivity index (χ2v) is 7.51. The van der Waals surface area contributed by atoms with E-state index in [1.165, 1.54) is 28.7 Å². The van der Waals surface area contributed by atoms with Crippen molar-refractivity contribution >= 4 is 39.0 Å². The van der Waals surface area contributed by atoms with E-state index in [1.807, 2.05) is 11.3 Å². The molecule has 1 N–H and O–H groups in total. The number of aryl methyl sites for hydroxylation is 1. The van der Waals surface area contributed by atoms with E-state index < -0.39 is 0 Å². The monoisotopic (exact) mass is 322 g/mol. The molecular formula is C15H19ClN4S. The molecule has 1 saturated heterocycles. The third-order valence-electron chi connectivity index (χ3n) is 4.53. The molecule has 1 fully saturated rings. The SMILES string of the molecule is CC1CCc2c(sc3nc(Cl)nc(N4CCNCC4)c23)C1. The fraction of sp³-hybridized carbons (Fsp3) is 0.600. The molecule has 112 valence electrons. The molecule has 3 heterocycles. The highest BCUT2D eigenvalue weighted by atomic mass is 35.5. The molecule has 0 saturated carbocycles. The second-order valence-electron chi connectivity index (χ2n) is 6.09. The Morgan fingerprint density at radius 1 is 1.29 bits per heavy atom. The van der Waals surface area contributed by atoms with Crippen LogP contribution in [0.1, 0.15) is 23.8 Å². The first-order chi connectivity index (χ1) is 10.2. The van der Waals surface area contributed by atoms with E-state index in [1.54, 1.807) is 0 Å². The molecule has 21 heavy (non-hydrogen) atoms. The lowest BCUT2D eigenvalue weighted by molar-refractivity contribution is 0.509. The van der Waals surface area contributed by atoms with Gasteiger partial charge in [0.2, 0.25) is 5.28 Å². The molecule has 4 nitrogen and oxygen atoms in total. The van der Waals surface area contributed by atoms with Crippen LogP contribution in [0.25, 0.3) is 10.2 Å². The van der Waals surface area contributed by atoms with Crippen LogP contribution in [0.15, 0.2) is 0 Å². The number of hydrogen-bond acceptors (Lipinski definition) is 5. The zero-order valence-electron chi connectivity index (χ0n) is 12.2. The number of hydrogen-bond donors (Lipinski definition) is 1. The molecule has 0 amide bonds. The summed E-state index contributed by atoms with van der Waals surface area (Å²) >= 11 is 8.00. The van der Waals surface area contributed by atoms with E-state index in [9.17, 15) is 0 Å². The smallest absolute Gasteiger partial charge is 0.225 e. The van der Waals surface area contributed by atoms with Gasteiger partial charge in [0.25, 0.3) is 0 Å². The number of piperazine rings is 1. The van der Waals surface area contributed by atoms with Gasteiger partial charge >= 0.3 is 0 Å². The normalized spacial score (nSPS) is 22.6. The van der Waals surface area contributed by atoms with Gasteiger partial charge in [-0.15, -0.1) is 11.3 Å². The molecule has 2 aliphatic rings. The van der Waals surface area contributed by atoms with Crippen molar-refractivity contribution in [3.8, 4) is 0 Å². The summed E-state index contributed by atoms with van der Waals surface area (Å²) in [5.74, 6) is 1.83. The van der Waals surface area contributed by atoms with Gasteiger partial charge in [0.05, 0.1) is 5.39 Å². The summed E-state index contributed by atoms with van der Waals surface area (Å²) in [6, 6.07) is 0. The first-order valence-corrected chi connectivity index (χ1v) is 8.85. The number of fused-ring (bicyclic) bond motifs is 3. The van der Waals surface area contributed by atoms with Crippen LogP contribution in [0.4, 0.5) is 5.82 Å². The standard InChI is InChI=1S/C15H19ClN4S/c1-9-2-3-10-11(8-9)21-14-12(10)13(18-15(16)19-14)20-6-4-17-5-7-20/h9,17H,2-8H2,1H3. The lowest BCUT2D eigenvalue weighted by atomic mass is 9.89. The Hall–Kier alpha value is -0.910. The number of nitrogens with one attached hydrogen (secondary N) is 1. The van der Waals surface area contributed by atoms with Crippen LogP contribution in [-0.2, 0) is 12.8 Å². The molecule has 0 radical (unpaired) electrons. The first kappa shape index (κ1) is 13.7. The van der Waals surface area contributed by atoms with Crippen molar-refractivity contribution in [3.05, 3.63) is 15.7 Å². The molecule has 6 heteroatoms. The average Bonchev–Trinajstić information content (AvgIpc) is 2.84. The van der Waals surface area contributed by atoms with Crippen LogP contribution in [-0.4, -0.2) is 36.1 Å². The Kier molecular flexibility index (Phi) is 3.52. The molecule has 1 aliphatic heterocycles. The predicted octanol–water partition coefficient (Wildman–Crippen LogP) is 2.88. The van der Waals surface area contributed by atoms with Crippen LogP contribution < -0.4 is 10.2 Å². The minimum absolute atomic E-state index is 0.377. The summed E-state index contributed by atoms with van der Waals surface area (Å²) in [5, 5.41) is 5.04. The molecule has 1 aliphatic carbocycles. The number of thiophene rings is 1. The summed E-state index contributed by atoms with van der Waals surface area (Å²) in [4.78, 5) is 14.0. The minimum Gasteiger partial charge on any atom is -0.353 e. The van der Waals surface area contributed by atoms with E-state index in [0.29, 0.717) is 5.28 Å². The summed E-state index contributed by atoms with van der Waals surface area (Å²) in [5.41, 5.74) is 1.48. The fourth-order valence-corrected chi connectivity index (χ4v) is 5.00. The van der Waals surface area contributed by atoms with Gasteiger partial charge in [0.15, 0.2) is 0 Å². The van der Waals surface area contributed by atoms with Crippen molar-refractivity contribution in [2.45, 2.75) is 26.2 Å². The lowest BCUT2D eigenvalue weighted by Gasteiger charge is -2.29. The average molecular weight is 323 g/mol. The predicted molar refractivity (Wildman–Crippen MR) is 88.7 cm³/mol. The van der Waals surface area contributed by atoms with Gasteiger partial charge in [-0.05, 0) is 42.3 Å². The molecule has 1 atom stereocenters. The minimum atomic E-state index is 0.377. The van der Waals surface area contributed by atoms with E-state index in [2.05, 4.69) is 27.1 Å². The Morgan fingerprint density at radius 3 is 2.90 bits per heavy atom. The molecule has 4 rings (SSSR count). The van der Waals surface area contributed by atoms with Gasteiger partial charge in [-0.3, -0.25) is 0 Å². The van der Waals surface area contributed by atoms with Gasteiger partial charge in [-0.1, -0.05) is 6.92 Å². The maximum Gasteiger partial charge on any atom is 0.225 e. The highest BCUT2D eigenvalue weighted by molar-refractivity contribution is 7.19. The molecular weight excluding hydrogens is 304 g/mol. The van der Waals surface area contributed by atoms with Crippen molar-refractivity contribution in [1.82, 2.24) is 15.3 Å². The third-order valence-corrected chi connectivity index (χ3v) is 5.84. The van der Waals surface area contributed by atoms with Gasteiger partial charge in [0, 0.05) is 31.1 Å².